The molecule has 20 heavy (non-hydrogen) atoms. The Bertz CT molecular complexity index is 658. The maximum atomic E-state index is 14.1. The van der Waals surface area contributed by atoms with Crippen molar-refractivity contribution in [2.75, 3.05) is 0 Å². The molecular weight excluding hydrogens is 368 g/mol. The van der Waals surface area contributed by atoms with Gasteiger partial charge in [0.15, 0.2) is 0 Å². The molecule has 0 unspecified atom stereocenters. The van der Waals surface area contributed by atoms with E-state index < -0.39 is 5.82 Å². The Balaban J connectivity index is 2.76. The van der Waals surface area contributed by atoms with Crippen molar-refractivity contribution in [1.29, 1.82) is 0 Å². The predicted octanol–water partition coefficient (Wildman–Crippen LogP) is 6.25. The third-order valence-corrected chi connectivity index (χ3v) is 4.97. The molecule has 2 aromatic rings. The molecule has 106 valence electrons. The molecule has 0 aromatic heterocycles. The van der Waals surface area contributed by atoms with Crippen LogP contribution in [0.1, 0.15) is 5.56 Å². The Hall–Kier alpha value is -0.220. The number of benzene rings is 2. The van der Waals surface area contributed by atoms with Gasteiger partial charge in [-0.1, -0.05) is 70.1 Å². The largest absolute Gasteiger partial charge is 0.392 e. The van der Waals surface area contributed by atoms with Crippen molar-refractivity contribution in [3.63, 3.8) is 0 Å². The molecule has 2 rings (SSSR count). The van der Waals surface area contributed by atoms with E-state index in [1.165, 1.54) is 12.1 Å². The molecule has 0 aliphatic rings. The number of rotatable bonds is 2. The Morgan fingerprint density at radius 2 is 1.35 bits per heavy atom. The molecule has 0 heterocycles. The van der Waals surface area contributed by atoms with E-state index in [0.717, 1.165) is 0 Å². The Morgan fingerprint density at radius 1 is 0.850 bits per heavy atom. The first-order valence-electron chi connectivity index (χ1n) is 5.29. The lowest BCUT2D eigenvalue weighted by Crippen LogP contribution is -1.92. The van der Waals surface area contributed by atoms with Gasteiger partial charge in [0.05, 0.1) is 31.7 Å². The number of hydrogen-bond donors (Lipinski definition) is 1. The summed E-state index contributed by atoms with van der Waals surface area (Å²) in [5, 5.41) is 9.03. The zero-order valence-electron chi connectivity index (χ0n) is 9.65. The summed E-state index contributed by atoms with van der Waals surface area (Å²) in [5.74, 6) is -0.602. The highest BCUT2D eigenvalue weighted by atomic mass is 35.5. The lowest BCUT2D eigenvalue weighted by atomic mass is 10.0. The Kier molecular flexibility index (Phi) is 5.06. The highest BCUT2D eigenvalue weighted by Crippen LogP contribution is 2.48. The van der Waals surface area contributed by atoms with Crippen molar-refractivity contribution in [2.45, 2.75) is 6.61 Å². The number of hydrogen-bond acceptors (Lipinski definition) is 1. The summed E-state index contributed by atoms with van der Waals surface area (Å²) >= 11 is 29.9. The van der Waals surface area contributed by atoms with Gasteiger partial charge in [-0.25, -0.2) is 4.39 Å². The van der Waals surface area contributed by atoms with Gasteiger partial charge in [0, 0.05) is 11.1 Å². The van der Waals surface area contributed by atoms with Crippen molar-refractivity contribution < 1.29 is 9.50 Å². The normalized spacial score (nSPS) is 10.9. The van der Waals surface area contributed by atoms with Crippen molar-refractivity contribution in [3.05, 3.63) is 54.7 Å². The summed E-state index contributed by atoms with van der Waals surface area (Å²) in [7, 11) is 0. The van der Waals surface area contributed by atoms with Crippen LogP contribution in [-0.4, -0.2) is 5.11 Å². The Labute approximate surface area is 139 Å². The van der Waals surface area contributed by atoms with Crippen LogP contribution in [0.5, 0.6) is 0 Å². The lowest BCUT2D eigenvalue weighted by Gasteiger charge is -2.13. The highest BCUT2D eigenvalue weighted by Gasteiger charge is 2.22. The maximum absolute atomic E-state index is 14.1. The van der Waals surface area contributed by atoms with Crippen LogP contribution in [-0.2, 0) is 6.61 Å². The van der Waals surface area contributed by atoms with Gasteiger partial charge >= 0.3 is 0 Å². The lowest BCUT2D eigenvalue weighted by molar-refractivity contribution is 0.281. The molecule has 2 aromatic carbocycles. The highest BCUT2D eigenvalue weighted by molar-refractivity contribution is 6.56. The third-order valence-electron chi connectivity index (χ3n) is 2.70. The molecule has 0 saturated carbocycles. The SMILES string of the molecule is OCc1ccc(-c2c(Cl)c(Cl)c(Cl)c(Cl)c2Cl)c(F)c1. The minimum atomic E-state index is -0.602. The predicted molar refractivity (Wildman–Crippen MR) is 82.8 cm³/mol. The molecule has 0 saturated heterocycles. The second-order valence-corrected chi connectivity index (χ2v) is 5.81. The molecule has 0 aliphatic carbocycles. The van der Waals surface area contributed by atoms with Crippen LogP contribution in [0, 0.1) is 5.82 Å². The van der Waals surface area contributed by atoms with Crippen molar-refractivity contribution >= 4 is 58.0 Å². The monoisotopic (exact) mass is 372 g/mol. The van der Waals surface area contributed by atoms with Crippen LogP contribution in [0.4, 0.5) is 4.39 Å². The molecule has 0 bridgehead atoms. The summed E-state index contributed by atoms with van der Waals surface area (Å²) in [5.41, 5.74) is 0.706. The zero-order valence-corrected chi connectivity index (χ0v) is 13.4. The molecular formula is C13H6Cl5FO. The van der Waals surface area contributed by atoms with Crippen LogP contribution in [0.2, 0.25) is 25.1 Å². The quantitative estimate of drug-likeness (QED) is 0.486. The second-order valence-electron chi connectivity index (χ2n) is 3.92. The average Bonchev–Trinajstić information content (AvgIpc) is 2.44. The summed E-state index contributed by atoms with van der Waals surface area (Å²) < 4.78 is 14.1. The molecule has 0 spiro atoms. The van der Waals surface area contributed by atoms with Crippen LogP contribution in [0.25, 0.3) is 11.1 Å². The summed E-state index contributed by atoms with van der Waals surface area (Å²) in [4.78, 5) is 0. The van der Waals surface area contributed by atoms with E-state index in [1.54, 1.807) is 6.07 Å². The first-order valence-corrected chi connectivity index (χ1v) is 7.18. The van der Waals surface area contributed by atoms with Gasteiger partial charge in [-0.2, -0.15) is 0 Å². The molecule has 0 radical (unpaired) electrons. The van der Waals surface area contributed by atoms with Crippen LogP contribution < -0.4 is 0 Å². The molecule has 0 fully saturated rings. The van der Waals surface area contributed by atoms with Crippen LogP contribution in [0.3, 0.4) is 0 Å². The smallest absolute Gasteiger partial charge is 0.131 e. The van der Waals surface area contributed by atoms with E-state index >= 15 is 0 Å². The van der Waals surface area contributed by atoms with Gasteiger partial charge in [-0.15, -0.1) is 0 Å². The summed E-state index contributed by atoms with van der Waals surface area (Å²) in [6.45, 7) is -0.277. The van der Waals surface area contributed by atoms with Gasteiger partial charge < -0.3 is 5.11 Å². The summed E-state index contributed by atoms with van der Waals surface area (Å²) in [6, 6.07) is 4.16. The fourth-order valence-electron chi connectivity index (χ4n) is 1.70. The third kappa shape index (κ3) is 2.74. The standard InChI is InChI=1S/C13H6Cl5FO/c14-9-8(10(15)12(17)13(18)11(9)16)6-2-1-5(4-20)3-7(6)19/h1-3,20H,4H2. The van der Waals surface area contributed by atoms with Crippen molar-refractivity contribution in [1.82, 2.24) is 0 Å². The molecule has 7 heteroatoms. The number of halogens is 6. The minimum Gasteiger partial charge on any atom is -0.392 e. The maximum Gasteiger partial charge on any atom is 0.131 e. The molecule has 0 atom stereocenters. The topological polar surface area (TPSA) is 20.2 Å². The van der Waals surface area contributed by atoms with E-state index in [4.69, 9.17) is 63.1 Å². The summed E-state index contributed by atoms with van der Waals surface area (Å²) in [6.07, 6.45) is 0. The Morgan fingerprint density at radius 3 is 1.80 bits per heavy atom. The van der Waals surface area contributed by atoms with Gasteiger partial charge in [0.1, 0.15) is 5.82 Å². The molecule has 1 N–H and O–H groups in total. The second kappa shape index (κ2) is 6.27. The van der Waals surface area contributed by atoms with Gasteiger partial charge in [0.25, 0.3) is 0 Å². The number of aliphatic hydroxyl groups is 1. The van der Waals surface area contributed by atoms with Crippen LogP contribution in [0.15, 0.2) is 18.2 Å². The van der Waals surface area contributed by atoms with Gasteiger partial charge in [-0.3, -0.25) is 0 Å². The van der Waals surface area contributed by atoms with Crippen molar-refractivity contribution in [2.24, 2.45) is 0 Å². The molecule has 1 nitrogen and oxygen atoms in total. The first kappa shape index (κ1) is 16.2. The first-order chi connectivity index (χ1) is 9.38. The van der Waals surface area contributed by atoms with E-state index in [9.17, 15) is 4.39 Å². The number of aliphatic hydroxyl groups excluding tert-OH is 1. The molecule has 0 amide bonds. The zero-order chi connectivity index (χ0) is 15.0. The van der Waals surface area contributed by atoms with E-state index in [0.29, 0.717) is 5.56 Å². The molecule has 0 aliphatic heterocycles. The average molecular weight is 374 g/mol. The van der Waals surface area contributed by atoms with Crippen LogP contribution >= 0.6 is 58.0 Å². The fourth-order valence-corrected chi connectivity index (χ4v) is 3.04. The minimum absolute atomic E-state index is 0.00312. The van der Waals surface area contributed by atoms with Gasteiger partial charge in [0.2, 0.25) is 0 Å². The van der Waals surface area contributed by atoms with E-state index in [1.807, 2.05) is 0 Å². The van der Waals surface area contributed by atoms with Crippen molar-refractivity contribution in [3.8, 4) is 11.1 Å². The van der Waals surface area contributed by atoms with Gasteiger partial charge in [-0.05, 0) is 11.6 Å². The van der Waals surface area contributed by atoms with E-state index in [-0.39, 0.29) is 42.8 Å². The fraction of sp³-hybridized carbons (Fsp3) is 0.0769. The van der Waals surface area contributed by atoms with E-state index in [2.05, 4.69) is 0 Å².